The first-order valence-electron chi connectivity index (χ1n) is 32.4. The second-order valence-corrected chi connectivity index (χ2v) is 26.1. The standard InChI is InChI=1S/2C40H38O12/c1-39(2,49)33(41)25-9-5-23(6-10-25)17-19-51-37(47)31-21-27(13-15-29(31)35(43)44)28-14-16-30(36(45)46)32(22-28)38(48)52-20-18-24-7-11-26(12-8-24)34(42)40(3,4)50;1-39(2,49)33(41)25-10-8-23(9-11-25)16-18-52-38(48)32-22-27(12-14-29(32)35(43)44)26-13-15-30(31(21-26)36(45)46)37(47)51-19-17-24-6-5-7-28(20-24)34(42)40(3,4)50/h5-16,21-22,49-50H,17-20H2,1-4H3,(H,43,44)(H,45,46);5-15,20-22,49-50H,16-19H2,1-4H3,(H,43,44)(H,45,46). The molecule has 24 heteroatoms. The van der Waals surface area contributed by atoms with Crippen LogP contribution in [0.2, 0.25) is 0 Å². The zero-order valence-electron chi connectivity index (χ0n) is 57.9. The van der Waals surface area contributed by atoms with E-state index in [-0.39, 0.29) is 113 Å². The molecule has 8 N–H and O–H groups in total. The summed E-state index contributed by atoms with van der Waals surface area (Å²) in [4.78, 5) is 149. The molecular weight excluding hydrogens is 1340 g/mol. The molecule has 0 unspecified atom stereocenters. The van der Waals surface area contributed by atoms with Crippen molar-refractivity contribution >= 4 is 70.9 Å². The molecule has 540 valence electrons. The van der Waals surface area contributed by atoms with Gasteiger partial charge in [0, 0.05) is 47.9 Å². The Balaban J connectivity index is 0.000000291. The molecule has 0 amide bonds. The number of aromatic carboxylic acids is 4. The third-order valence-electron chi connectivity index (χ3n) is 16.1. The third kappa shape index (κ3) is 21.1. The molecule has 0 bridgehead atoms. The minimum atomic E-state index is -1.56. The van der Waals surface area contributed by atoms with Crippen LogP contribution in [0.15, 0.2) is 170 Å². The molecule has 8 aromatic rings. The number of ether oxygens (including phenoxy) is 4. The smallest absolute Gasteiger partial charge is 0.339 e. The first-order valence-corrected chi connectivity index (χ1v) is 32.4. The maximum Gasteiger partial charge on any atom is 0.339 e. The lowest BCUT2D eigenvalue weighted by molar-refractivity contribution is 0.0485. The van der Waals surface area contributed by atoms with Crippen LogP contribution in [0, 0.1) is 0 Å². The molecule has 8 aromatic carbocycles. The number of rotatable bonds is 30. The fraction of sp³-hybridized carbons (Fsp3) is 0.250. The van der Waals surface area contributed by atoms with Gasteiger partial charge >= 0.3 is 47.8 Å². The fourth-order valence-electron chi connectivity index (χ4n) is 10.4. The summed E-state index contributed by atoms with van der Waals surface area (Å²) in [5, 5.41) is 79.0. The van der Waals surface area contributed by atoms with Crippen LogP contribution >= 0.6 is 0 Å². The molecule has 0 spiro atoms. The van der Waals surface area contributed by atoms with E-state index < -0.39 is 93.3 Å². The summed E-state index contributed by atoms with van der Waals surface area (Å²) in [6, 6.07) is 41.2. The molecule has 24 nitrogen and oxygen atoms in total. The summed E-state index contributed by atoms with van der Waals surface area (Å²) < 4.78 is 21.5. The Kier molecular flexibility index (Phi) is 25.7. The zero-order valence-corrected chi connectivity index (χ0v) is 57.9. The SMILES string of the molecule is CC(C)(O)C(=O)c1ccc(CCOC(=O)c2cc(-c3ccc(C(=O)O)c(C(=O)OCCc4ccc(C(=O)C(C)(C)O)cc4)c3)ccc2C(=O)O)cc1.CC(C)(O)C(=O)c1ccc(CCOC(=O)c2cc(-c3ccc(C(=O)OCCc4cccc(C(=O)C(C)(C)O)c4)c(C(=O)O)c3)ccc2C(=O)O)cc1. The zero-order chi connectivity index (χ0) is 76.8. The molecule has 0 aliphatic rings. The van der Waals surface area contributed by atoms with E-state index in [1.165, 1.54) is 128 Å². The summed E-state index contributed by atoms with van der Waals surface area (Å²) in [7, 11) is 0. The Morgan fingerprint density at radius 3 is 0.769 bits per heavy atom. The van der Waals surface area contributed by atoms with Gasteiger partial charge in [-0.1, -0.05) is 115 Å². The average Bonchev–Trinajstić information content (AvgIpc) is 0.796. The molecule has 0 atom stereocenters. The Labute approximate surface area is 596 Å². The predicted octanol–water partition coefficient (Wildman–Crippen LogP) is 10.9. The molecule has 0 aliphatic carbocycles. The highest BCUT2D eigenvalue weighted by molar-refractivity contribution is 6.08. The van der Waals surface area contributed by atoms with Crippen LogP contribution in [-0.2, 0) is 44.6 Å². The summed E-state index contributed by atoms with van der Waals surface area (Å²) >= 11 is 0. The molecule has 0 fully saturated rings. The van der Waals surface area contributed by atoms with Crippen LogP contribution in [0.5, 0.6) is 0 Å². The number of hydrogen-bond acceptors (Lipinski definition) is 20. The highest BCUT2D eigenvalue weighted by Gasteiger charge is 2.30. The minimum absolute atomic E-state index is 0.118. The molecule has 0 radical (unpaired) electrons. The van der Waals surface area contributed by atoms with Crippen LogP contribution in [0.3, 0.4) is 0 Å². The topological polar surface area (TPSA) is 404 Å². The van der Waals surface area contributed by atoms with Gasteiger partial charge in [-0.3, -0.25) is 19.2 Å². The van der Waals surface area contributed by atoms with Crippen molar-refractivity contribution in [3.63, 3.8) is 0 Å². The number of carboxylic acid groups (broad SMARTS) is 4. The lowest BCUT2D eigenvalue weighted by Gasteiger charge is -2.16. The van der Waals surface area contributed by atoms with Crippen LogP contribution < -0.4 is 0 Å². The molecule has 0 aromatic heterocycles. The lowest BCUT2D eigenvalue weighted by atomic mass is 9.95. The number of carbonyl (C=O) groups excluding carboxylic acids is 8. The van der Waals surface area contributed by atoms with E-state index in [0.29, 0.717) is 33.4 Å². The van der Waals surface area contributed by atoms with E-state index in [1.54, 1.807) is 97.1 Å². The Hall–Kier alpha value is -12.0. The molecule has 8 rings (SSSR count). The van der Waals surface area contributed by atoms with Gasteiger partial charge in [-0.25, -0.2) is 38.4 Å². The van der Waals surface area contributed by atoms with Gasteiger partial charge in [0.25, 0.3) is 0 Å². The van der Waals surface area contributed by atoms with E-state index in [0.717, 1.165) is 16.7 Å². The quantitative estimate of drug-likeness (QED) is 0.0118. The van der Waals surface area contributed by atoms with Gasteiger partial charge in [-0.2, -0.15) is 0 Å². The monoisotopic (exact) mass is 1420 g/mol. The van der Waals surface area contributed by atoms with Crippen molar-refractivity contribution < 1.29 is 117 Å². The van der Waals surface area contributed by atoms with Crippen molar-refractivity contribution in [2.75, 3.05) is 26.4 Å². The summed E-state index contributed by atoms with van der Waals surface area (Å²) in [5.41, 5.74) is -3.37. The second-order valence-electron chi connectivity index (χ2n) is 26.1. The molecule has 104 heavy (non-hydrogen) atoms. The van der Waals surface area contributed by atoms with Gasteiger partial charge in [0.05, 0.1) is 70.9 Å². The molecular formula is C80H76O24. The molecule has 0 saturated carbocycles. The van der Waals surface area contributed by atoms with Crippen molar-refractivity contribution in [2.24, 2.45) is 0 Å². The average molecular weight is 1420 g/mol. The Bertz CT molecular complexity index is 4480. The minimum Gasteiger partial charge on any atom is -0.478 e. The van der Waals surface area contributed by atoms with Gasteiger partial charge in [0.2, 0.25) is 0 Å². The van der Waals surface area contributed by atoms with E-state index in [2.05, 4.69) is 0 Å². The van der Waals surface area contributed by atoms with E-state index in [4.69, 9.17) is 18.9 Å². The molecule has 0 aliphatic heterocycles. The lowest BCUT2D eigenvalue weighted by Crippen LogP contribution is -2.31. The number of esters is 4. The largest absolute Gasteiger partial charge is 0.478 e. The van der Waals surface area contributed by atoms with Crippen LogP contribution in [0.4, 0.5) is 0 Å². The number of carbonyl (C=O) groups is 12. The van der Waals surface area contributed by atoms with Gasteiger partial charge in [0.1, 0.15) is 22.4 Å². The van der Waals surface area contributed by atoms with E-state index in [9.17, 15) is 98.4 Å². The first kappa shape index (κ1) is 79.4. The number of ketones is 4. The Morgan fingerprint density at radius 2 is 0.500 bits per heavy atom. The summed E-state index contributed by atoms with van der Waals surface area (Å²) in [6.07, 6.45) is 0.961. The van der Waals surface area contributed by atoms with Gasteiger partial charge in [-0.15, -0.1) is 0 Å². The number of aliphatic hydroxyl groups is 4. The fourth-order valence-corrected chi connectivity index (χ4v) is 10.4. The summed E-state index contributed by atoms with van der Waals surface area (Å²) in [6.45, 7) is 10.6. The van der Waals surface area contributed by atoms with Crippen molar-refractivity contribution in [1.29, 1.82) is 0 Å². The third-order valence-corrected chi connectivity index (χ3v) is 16.1. The van der Waals surface area contributed by atoms with Crippen molar-refractivity contribution in [3.8, 4) is 22.3 Å². The highest BCUT2D eigenvalue weighted by Crippen LogP contribution is 2.30. The number of carboxylic acids is 4. The van der Waals surface area contributed by atoms with Gasteiger partial charge in [0.15, 0.2) is 23.1 Å². The van der Waals surface area contributed by atoms with Crippen LogP contribution in [0.1, 0.15) is 202 Å². The predicted molar refractivity (Wildman–Crippen MR) is 376 cm³/mol. The van der Waals surface area contributed by atoms with Crippen LogP contribution in [0.25, 0.3) is 22.3 Å². The normalized spacial score (nSPS) is 11.4. The van der Waals surface area contributed by atoms with Gasteiger partial charge in [-0.05, 0) is 154 Å². The second kappa shape index (κ2) is 33.7. The molecule has 0 heterocycles. The maximum absolute atomic E-state index is 13.1. The number of Topliss-reactive ketones (excluding diaryl/α,β-unsaturated/α-hetero) is 4. The van der Waals surface area contributed by atoms with Crippen molar-refractivity contribution in [3.05, 3.63) is 259 Å². The highest BCUT2D eigenvalue weighted by atomic mass is 16.5. The van der Waals surface area contributed by atoms with Crippen molar-refractivity contribution in [1.82, 2.24) is 0 Å². The van der Waals surface area contributed by atoms with E-state index in [1.807, 2.05) is 0 Å². The maximum atomic E-state index is 13.1. The first-order chi connectivity index (χ1) is 48.7. The number of hydrogen-bond donors (Lipinski definition) is 8. The molecule has 0 saturated heterocycles. The Morgan fingerprint density at radius 1 is 0.260 bits per heavy atom. The summed E-state index contributed by atoms with van der Waals surface area (Å²) in [5.74, 6) is -11.1. The van der Waals surface area contributed by atoms with E-state index >= 15 is 0 Å². The number of benzene rings is 8. The van der Waals surface area contributed by atoms with Crippen molar-refractivity contribution in [2.45, 2.75) is 103 Å². The van der Waals surface area contributed by atoms with Crippen LogP contribution in [-0.4, -0.2) is 161 Å². The van der Waals surface area contributed by atoms with Gasteiger partial charge < -0.3 is 59.8 Å².